The monoisotopic (exact) mass is 311 g/mol. The zero-order chi connectivity index (χ0) is 16.1. The van der Waals surface area contributed by atoms with Gasteiger partial charge >= 0.3 is 0 Å². The summed E-state index contributed by atoms with van der Waals surface area (Å²) < 4.78 is 5.85. The number of nitrogens with one attached hydrogen (secondary N) is 1. The fraction of sp³-hybridized carbons (Fsp3) is 0.333. The number of hydrogen-bond acceptors (Lipinski definition) is 4. The van der Waals surface area contributed by atoms with Crippen LogP contribution in [-0.4, -0.2) is 17.4 Å². The minimum atomic E-state index is -0.0234. The van der Waals surface area contributed by atoms with Crippen LogP contribution >= 0.6 is 0 Å². The predicted molar refractivity (Wildman–Crippen MR) is 89.3 cm³/mol. The summed E-state index contributed by atoms with van der Waals surface area (Å²) in [5, 5.41) is 2.96. The normalized spacial score (nSPS) is 20.2. The predicted octanol–water partition coefficient (Wildman–Crippen LogP) is 3.19. The Bertz CT molecular complexity index is 660. The van der Waals surface area contributed by atoms with Gasteiger partial charge in [-0.25, -0.2) is 0 Å². The molecule has 3 N–H and O–H groups in total. The lowest BCUT2D eigenvalue weighted by Gasteiger charge is -2.18. The summed E-state index contributed by atoms with van der Waals surface area (Å²) >= 11 is 0. The highest BCUT2D eigenvalue weighted by atomic mass is 16.5. The van der Waals surface area contributed by atoms with Gasteiger partial charge in [0.05, 0.1) is 6.20 Å². The van der Waals surface area contributed by atoms with E-state index in [0.29, 0.717) is 18.0 Å². The minimum Gasteiger partial charge on any atom is -0.455 e. The van der Waals surface area contributed by atoms with E-state index in [1.165, 1.54) is 0 Å². The van der Waals surface area contributed by atoms with Gasteiger partial charge in [0.15, 0.2) is 5.75 Å². The smallest absolute Gasteiger partial charge is 0.227 e. The number of carbonyl (C=O) groups is 1. The van der Waals surface area contributed by atoms with E-state index in [0.717, 1.165) is 25.0 Å². The molecule has 23 heavy (non-hydrogen) atoms. The van der Waals surface area contributed by atoms with Crippen molar-refractivity contribution >= 4 is 11.6 Å². The maximum absolute atomic E-state index is 12.5. The molecule has 5 nitrogen and oxygen atoms in total. The summed E-state index contributed by atoms with van der Waals surface area (Å²) in [5.41, 5.74) is 6.36. The first-order chi connectivity index (χ1) is 11.3. The van der Waals surface area contributed by atoms with Gasteiger partial charge in [0.2, 0.25) is 5.91 Å². The van der Waals surface area contributed by atoms with Gasteiger partial charge < -0.3 is 15.8 Å². The van der Waals surface area contributed by atoms with Crippen LogP contribution in [0.1, 0.15) is 19.3 Å². The highest BCUT2D eigenvalue weighted by Crippen LogP contribution is 2.34. The van der Waals surface area contributed by atoms with Crippen molar-refractivity contribution in [3.05, 3.63) is 48.8 Å². The second-order valence-electron chi connectivity index (χ2n) is 5.81. The fourth-order valence-corrected chi connectivity index (χ4v) is 3.07. The Morgan fingerprint density at radius 1 is 1.26 bits per heavy atom. The molecule has 0 bridgehead atoms. The molecule has 2 atom stereocenters. The highest BCUT2D eigenvalue weighted by Gasteiger charge is 2.32. The minimum absolute atomic E-state index is 0.00358. The van der Waals surface area contributed by atoms with Crippen LogP contribution in [-0.2, 0) is 4.79 Å². The van der Waals surface area contributed by atoms with Crippen molar-refractivity contribution in [3.63, 3.8) is 0 Å². The molecule has 0 radical (unpaired) electrons. The fourth-order valence-electron chi connectivity index (χ4n) is 3.07. The lowest BCUT2D eigenvalue weighted by molar-refractivity contribution is -0.120. The molecular weight excluding hydrogens is 290 g/mol. The maximum Gasteiger partial charge on any atom is 0.227 e. The van der Waals surface area contributed by atoms with Crippen LogP contribution in [0.4, 0.5) is 5.69 Å². The summed E-state index contributed by atoms with van der Waals surface area (Å²) in [4.78, 5) is 16.6. The third kappa shape index (κ3) is 3.68. The quantitative estimate of drug-likeness (QED) is 0.889. The van der Waals surface area contributed by atoms with Crippen LogP contribution in [0, 0.1) is 11.8 Å². The molecule has 0 spiro atoms. The van der Waals surface area contributed by atoms with E-state index in [1.807, 2.05) is 30.3 Å². The molecule has 1 heterocycles. The van der Waals surface area contributed by atoms with E-state index < -0.39 is 0 Å². The van der Waals surface area contributed by atoms with Crippen LogP contribution < -0.4 is 15.8 Å². The largest absolute Gasteiger partial charge is 0.455 e. The van der Waals surface area contributed by atoms with Crippen molar-refractivity contribution in [3.8, 4) is 11.5 Å². The summed E-state index contributed by atoms with van der Waals surface area (Å²) in [6.45, 7) is 0.554. The SMILES string of the molecule is NC[C@H]1CCC[C@H]1C(=O)Nc1cnccc1Oc1ccccc1. The summed E-state index contributed by atoms with van der Waals surface area (Å²) in [7, 11) is 0. The molecule has 1 aromatic carbocycles. The van der Waals surface area contributed by atoms with Crippen molar-refractivity contribution in [2.45, 2.75) is 19.3 Å². The Kier molecular flexibility index (Phi) is 4.88. The molecular formula is C18H21N3O2. The number of rotatable bonds is 5. The lowest BCUT2D eigenvalue weighted by Crippen LogP contribution is -2.29. The maximum atomic E-state index is 12.5. The Balaban J connectivity index is 1.74. The van der Waals surface area contributed by atoms with Crippen LogP contribution in [0.5, 0.6) is 11.5 Å². The Labute approximate surface area is 135 Å². The summed E-state index contributed by atoms with van der Waals surface area (Å²) in [6.07, 6.45) is 6.23. The second-order valence-corrected chi connectivity index (χ2v) is 5.81. The molecule has 1 aliphatic carbocycles. The molecule has 1 saturated carbocycles. The number of benzene rings is 1. The van der Waals surface area contributed by atoms with Crippen LogP contribution in [0.3, 0.4) is 0 Å². The van der Waals surface area contributed by atoms with Gasteiger partial charge in [0.25, 0.3) is 0 Å². The molecule has 2 aromatic rings. The number of ether oxygens (including phenoxy) is 1. The van der Waals surface area contributed by atoms with Gasteiger partial charge in [0.1, 0.15) is 11.4 Å². The number of anilines is 1. The van der Waals surface area contributed by atoms with E-state index in [2.05, 4.69) is 10.3 Å². The average molecular weight is 311 g/mol. The van der Waals surface area contributed by atoms with E-state index in [4.69, 9.17) is 10.5 Å². The highest BCUT2D eigenvalue weighted by molar-refractivity contribution is 5.94. The van der Waals surface area contributed by atoms with E-state index >= 15 is 0 Å². The van der Waals surface area contributed by atoms with Gasteiger partial charge in [-0.2, -0.15) is 0 Å². The number of nitrogens with two attached hydrogens (primary N) is 1. The molecule has 0 unspecified atom stereocenters. The zero-order valence-electron chi connectivity index (χ0n) is 12.9. The molecule has 1 aromatic heterocycles. The Morgan fingerprint density at radius 3 is 2.87 bits per heavy atom. The first-order valence-corrected chi connectivity index (χ1v) is 7.96. The number of amides is 1. The molecule has 1 amide bonds. The van der Waals surface area contributed by atoms with Crippen molar-refractivity contribution in [1.82, 2.24) is 4.98 Å². The average Bonchev–Trinajstić information content (AvgIpc) is 3.06. The third-order valence-corrected chi connectivity index (χ3v) is 4.31. The Morgan fingerprint density at radius 2 is 2.09 bits per heavy atom. The Hall–Kier alpha value is -2.40. The number of nitrogens with zero attached hydrogens (tertiary/aromatic N) is 1. The third-order valence-electron chi connectivity index (χ3n) is 4.31. The van der Waals surface area contributed by atoms with Crippen LogP contribution in [0.2, 0.25) is 0 Å². The first kappa shape index (κ1) is 15.5. The lowest BCUT2D eigenvalue weighted by atomic mass is 9.95. The van der Waals surface area contributed by atoms with E-state index in [-0.39, 0.29) is 17.7 Å². The number of hydrogen-bond donors (Lipinski definition) is 2. The van der Waals surface area contributed by atoms with Crippen molar-refractivity contribution in [2.75, 3.05) is 11.9 Å². The summed E-state index contributed by atoms with van der Waals surface area (Å²) in [5.74, 6) is 1.55. The molecule has 1 aliphatic rings. The molecule has 5 heteroatoms. The topological polar surface area (TPSA) is 77.2 Å². The van der Waals surface area contributed by atoms with E-state index in [9.17, 15) is 4.79 Å². The molecule has 120 valence electrons. The summed E-state index contributed by atoms with van der Waals surface area (Å²) in [6, 6.07) is 11.2. The molecule has 0 aliphatic heterocycles. The van der Waals surface area contributed by atoms with Gasteiger partial charge in [-0.15, -0.1) is 0 Å². The molecule has 3 rings (SSSR count). The second kappa shape index (κ2) is 7.24. The first-order valence-electron chi connectivity index (χ1n) is 7.96. The van der Waals surface area contributed by atoms with Gasteiger partial charge in [-0.05, 0) is 37.4 Å². The molecule has 1 fully saturated rings. The number of para-hydroxylation sites is 1. The van der Waals surface area contributed by atoms with E-state index in [1.54, 1.807) is 18.5 Å². The van der Waals surface area contributed by atoms with Crippen LogP contribution in [0.15, 0.2) is 48.8 Å². The number of pyridine rings is 1. The van der Waals surface area contributed by atoms with Crippen molar-refractivity contribution in [2.24, 2.45) is 17.6 Å². The van der Waals surface area contributed by atoms with Gasteiger partial charge in [-0.1, -0.05) is 24.6 Å². The van der Waals surface area contributed by atoms with Crippen molar-refractivity contribution < 1.29 is 9.53 Å². The zero-order valence-corrected chi connectivity index (χ0v) is 12.9. The molecule has 0 saturated heterocycles. The van der Waals surface area contributed by atoms with Gasteiger partial charge in [-0.3, -0.25) is 9.78 Å². The van der Waals surface area contributed by atoms with Gasteiger partial charge in [0, 0.05) is 18.2 Å². The van der Waals surface area contributed by atoms with Crippen LogP contribution in [0.25, 0.3) is 0 Å². The number of aromatic nitrogens is 1. The van der Waals surface area contributed by atoms with Crippen molar-refractivity contribution in [1.29, 1.82) is 0 Å². The number of carbonyl (C=O) groups excluding carboxylic acids is 1. The standard InChI is InChI=1S/C18H21N3O2/c19-11-13-5-4-8-15(13)18(22)21-16-12-20-10-9-17(16)23-14-6-2-1-3-7-14/h1-3,6-7,9-10,12-13,15H,4-5,8,11,19H2,(H,21,22)/t13-,15-/m1/s1.